The number of carbonyl (C=O) groups excluding carboxylic acids is 1. The Bertz CT molecular complexity index is 1700. The van der Waals surface area contributed by atoms with Gasteiger partial charge in [-0.05, 0) is 74.2 Å². The minimum atomic E-state index is -0.308. The number of para-hydroxylation sites is 4. The van der Waals surface area contributed by atoms with Gasteiger partial charge in [0.25, 0.3) is 0 Å². The highest BCUT2D eigenvalue weighted by atomic mass is 16.5. The zero-order valence-corrected chi connectivity index (χ0v) is 30.7. The van der Waals surface area contributed by atoms with Crippen molar-refractivity contribution in [2.75, 3.05) is 12.4 Å². The minimum Gasteiger partial charge on any atom is -0.466 e. The largest absolute Gasteiger partial charge is 0.466 e. The first-order chi connectivity index (χ1) is 25.0. The second-order valence-electron chi connectivity index (χ2n) is 12.4. The second-order valence-corrected chi connectivity index (χ2v) is 12.4. The second kappa shape index (κ2) is 26.7. The number of pyridine rings is 1. The van der Waals surface area contributed by atoms with E-state index in [0.29, 0.717) is 0 Å². The number of hydrogen-bond acceptors (Lipinski definition) is 5. The maximum atomic E-state index is 11.9. The third-order valence-electron chi connectivity index (χ3n) is 8.19. The molecule has 0 fully saturated rings. The summed E-state index contributed by atoms with van der Waals surface area (Å²) in [5, 5.41) is 4.08. The topological polar surface area (TPSA) is 80.4 Å². The van der Waals surface area contributed by atoms with E-state index in [1.54, 1.807) is 12.1 Å². The lowest BCUT2D eigenvalue weighted by molar-refractivity contribution is -0.134. The van der Waals surface area contributed by atoms with Crippen molar-refractivity contribution in [3.05, 3.63) is 149 Å². The van der Waals surface area contributed by atoms with E-state index in [2.05, 4.69) is 24.1 Å². The predicted octanol–water partition coefficient (Wildman–Crippen LogP) is 12.7. The van der Waals surface area contributed by atoms with Gasteiger partial charge in [-0.1, -0.05) is 139 Å². The third kappa shape index (κ3) is 17.7. The van der Waals surface area contributed by atoms with Gasteiger partial charge in [0.05, 0.1) is 7.11 Å². The number of hydrogen-bond donors (Lipinski definition) is 2. The summed E-state index contributed by atoms with van der Waals surface area (Å²) >= 11 is 0. The number of aromatic amines is 1. The average Bonchev–Trinajstić information content (AvgIpc) is 3.16. The maximum absolute atomic E-state index is 11.9. The lowest BCUT2D eigenvalue weighted by atomic mass is 10.1. The van der Waals surface area contributed by atoms with Gasteiger partial charge < -0.3 is 19.8 Å². The van der Waals surface area contributed by atoms with Crippen LogP contribution in [-0.2, 0) is 16.0 Å². The fraction of sp³-hybridized carbons (Fsp3) is 0.348. The first-order valence-electron chi connectivity index (χ1n) is 18.5. The van der Waals surface area contributed by atoms with E-state index in [1.165, 1.54) is 58.5 Å². The standard InChI is InChI=1S/C17H25NO2.C16H21NO.C12H10O.CH4/c1-3-4-5-6-8-13-16(14-17(19)20-2)18-15-11-9-7-10-12-15;1-2-3-4-5-6-9-13-12-16(18)14-10-7-8-11-15(14)17-13;1-3-7-11(8-4-1)13-12-9-5-2-6-10-12;/h7,9-12,14,18H,3-6,8,13H2,1-2H3;7-8,10-12H,2-6,9H2,1H3,(H,17,18);1-10H;1H4/b16-14-;;;. The van der Waals surface area contributed by atoms with Crippen LogP contribution in [-0.4, -0.2) is 18.1 Å². The van der Waals surface area contributed by atoms with Crippen LogP contribution in [0.25, 0.3) is 10.9 Å². The Kier molecular flexibility index (Phi) is 22.1. The molecule has 4 aromatic carbocycles. The number of allylic oxidation sites excluding steroid dienone is 1. The smallest absolute Gasteiger partial charge is 0.332 e. The Morgan fingerprint density at radius 1 is 0.673 bits per heavy atom. The van der Waals surface area contributed by atoms with E-state index in [0.717, 1.165) is 65.2 Å². The molecular formula is C46H60N2O4. The summed E-state index contributed by atoms with van der Waals surface area (Å²) in [6.07, 6.45) is 15.8. The molecule has 0 amide bonds. The highest BCUT2D eigenvalue weighted by Crippen LogP contribution is 2.20. The van der Waals surface area contributed by atoms with Crippen LogP contribution in [0.5, 0.6) is 11.5 Å². The number of carbonyl (C=O) groups is 1. The normalized spacial score (nSPS) is 10.5. The third-order valence-corrected chi connectivity index (χ3v) is 8.19. The van der Waals surface area contributed by atoms with Crippen LogP contribution in [0.1, 0.15) is 97.6 Å². The van der Waals surface area contributed by atoms with Gasteiger partial charge in [-0.15, -0.1) is 0 Å². The summed E-state index contributed by atoms with van der Waals surface area (Å²) in [4.78, 5) is 26.7. The quantitative estimate of drug-likeness (QED) is 0.0572. The fourth-order valence-corrected chi connectivity index (χ4v) is 5.42. The van der Waals surface area contributed by atoms with Crippen molar-refractivity contribution in [2.24, 2.45) is 0 Å². The molecule has 0 atom stereocenters. The number of anilines is 1. The number of unbranched alkanes of at least 4 members (excludes halogenated alkanes) is 8. The zero-order valence-electron chi connectivity index (χ0n) is 30.7. The van der Waals surface area contributed by atoms with Gasteiger partial charge in [-0.2, -0.15) is 0 Å². The molecule has 2 N–H and O–H groups in total. The summed E-state index contributed by atoms with van der Waals surface area (Å²) in [5.41, 5.74) is 4.06. The lowest BCUT2D eigenvalue weighted by Crippen LogP contribution is -2.05. The van der Waals surface area contributed by atoms with Gasteiger partial charge in [0, 0.05) is 40.1 Å². The van der Waals surface area contributed by atoms with Crippen LogP contribution in [0.15, 0.2) is 138 Å². The molecular weight excluding hydrogens is 645 g/mol. The number of benzene rings is 4. The molecule has 278 valence electrons. The van der Waals surface area contributed by atoms with E-state index >= 15 is 0 Å². The highest BCUT2D eigenvalue weighted by Gasteiger charge is 2.04. The van der Waals surface area contributed by atoms with Crippen molar-refractivity contribution < 1.29 is 14.3 Å². The summed E-state index contributed by atoms with van der Waals surface area (Å²) in [5.74, 6) is 1.43. The van der Waals surface area contributed by atoms with Gasteiger partial charge in [-0.25, -0.2) is 4.79 Å². The molecule has 52 heavy (non-hydrogen) atoms. The molecule has 6 nitrogen and oxygen atoms in total. The number of esters is 1. The molecule has 6 heteroatoms. The molecule has 0 spiro atoms. The summed E-state index contributed by atoms with van der Waals surface area (Å²) < 4.78 is 10.3. The summed E-state index contributed by atoms with van der Waals surface area (Å²) in [6.45, 7) is 4.43. The molecule has 0 unspecified atom stereocenters. The number of rotatable bonds is 17. The fourth-order valence-electron chi connectivity index (χ4n) is 5.42. The molecule has 1 aromatic heterocycles. The van der Waals surface area contributed by atoms with Crippen LogP contribution >= 0.6 is 0 Å². The van der Waals surface area contributed by atoms with Crippen molar-refractivity contribution in [3.63, 3.8) is 0 Å². The van der Waals surface area contributed by atoms with E-state index in [-0.39, 0.29) is 18.8 Å². The Morgan fingerprint density at radius 2 is 1.19 bits per heavy atom. The molecule has 0 saturated heterocycles. The highest BCUT2D eigenvalue weighted by molar-refractivity contribution is 5.83. The minimum absolute atomic E-state index is 0. The van der Waals surface area contributed by atoms with Crippen LogP contribution in [0, 0.1) is 0 Å². The van der Waals surface area contributed by atoms with Gasteiger partial charge in [-0.3, -0.25) is 4.79 Å². The Hall–Kier alpha value is -5.10. The molecule has 0 radical (unpaired) electrons. The van der Waals surface area contributed by atoms with Gasteiger partial charge in [0.1, 0.15) is 11.5 Å². The van der Waals surface area contributed by atoms with Crippen molar-refractivity contribution >= 4 is 22.6 Å². The van der Waals surface area contributed by atoms with Crippen molar-refractivity contribution in [1.29, 1.82) is 0 Å². The number of fused-ring (bicyclic) bond motifs is 1. The van der Waals surface area contributed by atoms with Gasteiger partial charge >= 0.3 is 5.97 Å². The number of aromatic nitrogens is 1. The molecule has 5 rings (SSSR count). The van der Waals surface area contributed by atoms with Crippen LogP contribution < -0.4 is 15.5 Å². The Morgan fingerprint density at radius 3 is 1.77 bits per heavy atom. The molecule has 0 saturated carbocycles. The van der Waals surface area contributed by atoms with Crippen LogP contribution in [0.2, 0.25) is 0 Å². The number of nitrogens with one attached hydrogen (secondary N) is 2. The molecule has 0 aliphatic carbocycles. The first kappa shape index (κ1) is 43.1. The SMILES string of the molecule is C.CCCCCCC/C(=C/C(=O)OC)Nc1ccccc1.CCCCCCCc1cc(=O)c2ccccc2[nH]1.c1ccc(Oc2ccccc2)cc1. The molecule has 1 heterocycles. The average molecular weight is 705 g/mol. The van der Waals surface area contributed by atoms with Crippen molar-refractivity contribution in [3.8, 4) is 11.5 Å². The van der Waals surface area contributed by atoms with Crippen LogP contribution in [0.3, 0.4) is 0 Å². The molecule has 0 bridgehead atoms. The van der Waals surface area contributed by atoms with Crippen molar-refractivity contribution in [2.45, 2.75) is 98.3 Å². The van der Waals surface area contributed by atoms with Crippen molar-refractivity contribution in [1.82, 2.24) is 4.98 Å². The zero-order chi connectivity index (χ0) is 36.4. The van der Waals surface area contributed by atoms with E-state index < -0.39 is 0 Å². The summed E-state index contributed by atoms with van der Waals surface area (Å²) in [7, 11) is 1.40. The number of methoxy groups -OCH3 is 1. The number of H-pyrrole nitrogens is 1. The van der Waals surface area contributed by atoms with Gasteiger partial charge in [0.2, 0.25) is 0 Å². The van der Waals surface area contributed by atoms with E-state index in [1.807, 2.05) is 115 Å². The number of ether oxygens (including phenoxy) is 2. The van der Waals surface area contributed by atoms with Gasteiger partial charge in [0.15, 0.2) is 5.43 Å². The molecule has 5 aromatic rings. The Balaban J connectivity index is 0.000000273. The van der Waals surface area contributed by atoms with E-state index in [9.17, 15) is 9.59 Å². The first-order valence-corrected chi connectivity index (χ1v) is 18.5. The monoisotopic (exact) mass is 704 g/mol. The molecule has 0 aliphatic rings. The van der Waals surface area contributed by atoms with Crippen LogP contribution in [0.4, 0.5) is 5.69 Å². The maximum Gasteiger partial charge on any atom is 0.332 e. The van der Waals surface area contributed by atoms with E-state index in [4.69, 9.17) is 9.47 Å². The summed E-state index contributed by atoms with van der Waals surface area (Å²) in [6, 6.07) is 38.9. The number of aryl methyl sites for hydroxylation is 1. The Labute approximate surface area is 312 Å². The lowest BCUT2D eigenvalue weighted by Gasteiger charge is -2.11. The molecule has 0 aliphatic heterocycles. The predicted molar refractivity (Wildman–Crippen MR) is 220 cm³/mol.